The van der Waals surface area contributed by atoms with Crippen LogP contribution in [0.25, 0.3) is 0 Å². The minimum Gasteiger partial charge on any atom is -0.467 e. The van der Waals surface area contributed by atoms with Gasteiger partial charge in [0.15, 0.2) is 6.79 Å². The summed E-state index contributed by atoms with van der Waals surface area (Å²) in [5, 5.41) is 0.708. The molecule has 0 spiro atoms. The topological polar surface area (TPSA) is 44.5 Å². The molecule has 1 aromatic carbocycles. The molecule has 1 aromatic rings. The lowest BCUT2D eigenvalue weighted by Crippen LogP contribution is -2.44. The molecule has 3 nitrogen and oxygen atoms in total. The molecule has 1 heterocycles. The van der Waals surface area contributed by atoms with Gasteiger partial charge in [-0.05, 0) is 31.4 Å². The Labute approximate surface area is 99.5 Å². The van der Waals surface area contributed by atoms with Crippen LogP contribution in [0.1, 0.15) is 30.4 Å². The number of hydrogen-bond donors (Lipinski definition) is 1. The molecule has 0 atom stereocenters. The van der Waals surface area contributed by atoms with Crippen molar-refractivity contribution in [3.63, 3.8) is 0 Å². The monoisotopic (exact) mass is 239 g/mol. The maximum Gasteiger partial charge on any atom is 0.189 e. The van der Waals surface area contributed by atoms with E-state index in [1.165, 1.54) is 6.42 Å². The van der Waals surface area contributed by atoms with Crippen molar-refractivity contribution in [2.75, 3.05) is 6.79 Å². The highest BCUT2D eigenvalue weighted by atomic mass is 35.5. The van der Waals surface area contributed by atoms with Crippen molar-refractivity contribution in [3.8, 4) is 5.75 Å². The number of benzene rings is 1. The second-order valence-corrected chi connectivity index (χ2v) is 5.00. The van der Waals surface area contributed by atoms with E-state index in [1.54, 1.807) is 0 Å². The Morgan fingerprint density at radius 2 is 2.12 bits per heavy atom. The van der Waals surface area contributed by atoms with Crippen LogP contribution in [0.3, 0.4) is 0 Å². The molecule has 0 unspecified atom stereocenters. The van der Waals surface area contributed by atoms with Crippen LogP contribution in [-0.4, -0.2) is 6.79 Å². The van der Waals surface area contributed by atoms with Crippen molar-refractivity contribution in [1.29, 1.82) is 0 Å². The van der Waals surface area contributed by atoms with Crippen molar-refractivity contribution in [1.82, 2.24) is 0 Å². The fraction of sp³-hybridized carbons (Fsp3) is 0.500. The number of rotatable bonds is 1. The zero-order valence-corrected chi connectivity index (χ0v) is 9.72. The predicted octanol–water partition coefficient (Wildman–Crippen LogP) is 2.54. The van der Waals surface area contributed by atoms with Crippen LogP contribution >= 0.6 is 11.6 Å². The second kappa shape index (κ2) is 3.62. The molecular weight excluding hydrogens is 226 g/mol. The summed E-state index contributed by atoms with van der Waals surface area (Å²) >= 11 is 6.10. The first-order chi connectivity index (χ1) is 7.69. The summed E-state index contributed by atoms with van der Waals surface area (Å²) in [5.74, 6) is 0.887. The van der Waals surface area contributed by atoms with Crippen LogP contribution in [-0.2, 0) is 16.9 Å². The van der Waals surface area contributed by atoms with E-state index >= 15 is 0 Å². The van der Waals surface area contributed by atoms with Crippen molar-refractivity contribution < 1.29 is 9.47 Å². The van der Waals surface area contributed by atoms with Crippen molar-refractivity contribution >= 4 is 11.6 Å². The molecule has 2 N–H and O–H groups in total. The molecule has 3 rings (SSSR count). The summed E-state index contributed by atoms with van der Waals surface area (Å²) in [6.07, 6.45) is 3.18. The maximum atomic E-state index is 6.34. The van der Waals surface area contributed by atoms with E-state index in [1.807, 2.05) is 12.1 Å². The smallest absolute Gasteiger partial charge is 0.189 e. The van der Waals surface area contributed by atoms with Gasteiger partial charge in [0, 0.05) is 21.7 Å². The molecule has 0 amide bonds. The van der Waals surface area contributed by atoms with Gasteiger partial charge >= 0.3 is 0 Å². The van der Waals surface area contributed by atoms with Gasteiger partial charge in [0.2, 0.25) is 0 Å². The number of ether oxygens (including phenoxy) is 2. The lowest BCUT2D eigenvalue weighted by atomic mass is 9.72. The van der Waals surface area contributed by atoms with Crippen LogP contribution in [0.5, 0.6) is 5.75 Å². The van der Waals surface area contributed by atoms with Gasteiger partial charge in [-0.25, -0.2) is 0 Å². The summed E-state index contributed by atoms with van der Waals surface area (Å²) in [6.45, 7) is 0.858. The summed E-state index contributed by atoms with van der Waals surface area (Å²) in [6, 6.07) is 3.83. The SMILES string of the molecule is NC1(c2cc(Cl)cc3c2OCOC3)CCC1. The maximum absolute atomic E-state index is 6.34. The Balaban J connectivity index is 2.12. The molecule has 1 aliphatic carbocycles. The van der Waals surface area contributed by atoms with Crippen LogP contribution in [0.15, 0.2) is 12.1 Å². The van der Waals surface area contributed by atoms with Crippen molar-refractivity contribution in [3.05, 3.63) is 28.3 Å². The van der Waals surface area contributed by atoms with E-state index in [9.17, 15) is 0 Å². The van der Waals surface area contributed by atoms with Gasteiger partial charge in [-0.3, -0.25) is 0 Å². The Hall–Kier alpha value is -0.770. The molecule has 1 fully saturated rings. The zero-order valence-electron chi connectivity index (χ0n) is 8.96. The highest BCUT2D eigenvalue weighted by Crippen LogP contribution is 2.45. The molecule has 0 radical (unpaired) electrons. The van der Waals surface area contributed by atoms with E-state index in [0.717, 1.165) is 29.7 Å². The third kappa shape index (κ3) is 1.51. The second-order valence-electron chi connectivity index (χ2n) is 4.56. The first kappa shape index (κ1) is 10.4. The highest BCUT2D eigenvalue weighted by Gasteiger charge is 2.38. The third-order valence-electron chi connectivity index (χ3n) is 3.46. The standard InChI is InChI=1S/C12H14ClNO2/c13-9-4-8-6-15-7-16-11(8)10(5-9)12(14)2-1-3-12/h4-5H,1-3,6-7,14H2. The van der Waals surface area contributed by atoms with Gasteiger partial charge in [0.1, 0.15) is 5.75 Å². The number of hydrogen-bond acceptors (Lipinski definition) is 3. The molecule has 16 heavy (non-hydrogen) atoms. The third-order valence-corrected chi connectivity index (χ3v) is 3.68. The van der Waals surface area contributed by atoms with Crippen LogP contribution in [0.2, 0.25) is 5.02 Å². The highest BCUT2D eigenvalue weighted by molar-refractivity contribution is 6.30. The Bertz CT molecular complexity index is 429. The first-order valence-electron chi connectivity index (χ1n) is 5.51. The number of nitrogens with two attached hydrogens (primary N) is 1. The summed E-state index contributed by atoms with van der Waals surface area (Å²) in [5.41, 5.74) is 8.14. The first-order valence-corrected chi connectivity index (χ1v) is 5.89. The normalized spacial score (nSPS) is 21.9. The van der Waals surface area contributed by atoms with E-state index in [4.69, 9.17) is 26.8 Å². The lowest BCUT2D eigenvalue weighted by molar-refractivity contribution is -0.0184. The Morgan fingerprint density at radius 1 is 1.31 bits per heavy atom. The molecule has 4 heteroatoms. The number of halogens is 1. The summed E-state index contributed by atoms with van der Waals surface area (Å²) in [7, 11) is 0. The summed E-state index contributed by atoms with van der Waals surface area (Å²) in [4.78, 5) is 0. The van der Waals surface area contributed by atoms with Gasteiger partial charge in [-0.1, -0.05) is 11.6 Å². The minimum atomic E-state index is -0.244. The molecule has 0 bridgehead atoms. The van der Waals surface area contributed by atoms with Crippen molar-refractivity contribution in [2.45, 2.75) is 31.4 Å². The minimum absolute atomic E-state index is 0.244. The molecule has 0 aromatic heterocycles. The van der Waals surface area contributed by atoms with E-state index < -0.39 is 0 Å². The van der Waals surface area contributed by atoms with Crippen LogP contribution < -0.4 is 10.5 Å². The fourth-order valence-electron chi connectivity index (χ4n) is 2.38. The van der Waals surface area contributed by atoms with E-state index in [2.05, 4.69) is 0 Å². The van der Waals surface area contributed by atoms with Gasteiger partial charge in [0.05, 0.1) is 6.61 Å². The largest absolute Gasteiger partial charge is 0.467 e. The van der Waals surface area contributed by atoms with Gasteiger partial charge in [-0.15, -0.1) is 0 Å². The average molecular weight is 240 g/mol. The summed E-state index contributed by atoms with van der Waals surface area (Å²) < 4.78 is 10.8. The fourth-order valence-corrected chi connectivity index (χ4v) is 2.62. The van der Waals surface area contributed by atoms with Crippen LogP contribution in [0, 0.1) is 0 Å². The Morgan fingerprint density at radius 3 is 2.81 bits per heavy atom. The van der Waals surface area contributed by atoms with Gasteiger partial charge in [0.25, 0.3) is 0 Å². The molecule has 0 saturated heterocycles. The molecule has 86 valence electrons. The quantitative estimate of drug-likeness (QED) is 0.819. The van der Waals surface area contributed by atoms with E-state index in [-0.39, 0.29) is 5.54 Å². The average Bonchev–Trinajstić information content (AvgIpc) is 2.24. The molecular formula is C12H14ClNO2. The van der Waals surface area contributed by atoms with E-state index in [0.29, 0.717) is 18.4 Å². The predicted molar refractivity (Wildman–Crippen MR) is 61.5 cm³/mol. The van der Waals surface area contributed by atoms with Gasteiger partial charge in [-0.2, -0.15) is 0 Å². The van der Waals surface area contributed by atoms with Crippen molar-refractivity contribution in [2.24, 2.45) is 5.73 Å². The zero-order chi connectivity index (χ0) is 11.2. The lowest BCUT2D eigenvalue weighted by Gasteiger charge is -2.40. The van der Waals surface area contributed by atoms with Crippen LogP contribution in [0.4, 0.5) is 0 Å². The molecule has 1 saturated carbocycles. The molecule has 2 aliphatic rings. The molecule has 1 aliphatic heterocycles. The number of fused-ring (bicyclic) bond motifs is 1. The Kier molecular flexibility index (Phi) is 2.35. The van der Waals surface area contributed by atoms with Gasteiger partial charge < -0.3 is 15.2 Å².